The van der Waals surface area contributed by atoms with Crippen molar-refractivity contribution in [3.63, 3.8) is 0 Å². The summed E-state index contributed by atoms with van der Waals surface area (Å²) in [4.78, 5) is 0.389. The first-order valence-electron chi connectivity index (χ1n) is 6.35. The molecule has 1 aliphatic carbocycles. The number of hydrogen-bond donors (Lipinski definition) is 2. The highest BCUT2D eigenvalue weighted by molar-refractivity contribution is 7.90. The van der Waals surface area contributed by atoms with Gasteiger partial charge in [0, 0.05) is 12.8 Å². The molecule has 1 fully saturated rings. The Hall–Kier alpha value is -1.23. The van der Waals surface area contributed by atoms with Gasteiger partial charge in [-0.3, -0.25) is 0 Å². The van der Waals surface area contributed by atoms with Crippen molar-refractivity contribution in [2.75, 3.05) is 23.4 Å². The van der Waals surface area contributed by atoms with Gasteiger partial charge in [0.1, 0.15) is 0 Å². The first-order valence-corrected chi connectivity index (χ1v) is 8.25. The molecule has 4 nitrogen and oxygen atoms in total. The summed E-state index contributed by atoms with van der Waals surface area (Å²) in [6.07, 6.45) is 6.06. The first kappa shape index (κ1) is 11.8. The molecular weight excluding hydrogens is 248 g/mol. The third kappa shape index (κ3) is 1.86. The Morgan fingerprint density at radius 3 is 2.61 bits per heavy atom. The Bertz CT molecular complexity index is 575. The van der Waals surface area contributed by atoms with Crippen LogP contribution in [0.3, 0.4) is 0 Å². The molecule has 18 heavy (non-hydrogen) atoms. The summed E-state index contributed by atoms with van der Waals surface area (Å²) < 4.78 is 23.5. The van der Waals surface area contributed by atoms with Gasteiger partial charge in [-0.05, 0) is 25.0 Å². The number of anilines is 2. The highest BCUT2D eigenvalue weighted by Gasteiger charge is 2.37. The van der Waals surface area contributed by atoms with Gasteiger partial charge in [0.05, 0.1) is 21.8 Å². The van der Waals surface area contributed by atoms with Crippen LogP contribution in [0.25, 0.3) is 0 Å². The van der Waals surface area contributed by atoms with E-state index in [4.69, 9.17) is 0 Å². The van der Waals surface area contributed by atoms with Crippen LogP contribution in [-0.2, 0) is 9.84 Å². The van der Waals surface area contributed by atoms with Gasteiger partial charge < -0.3 is 10.6 Å². The fourth-order valence-corrected chi connectivity index (χ4v) is 3.95. The van der Waals surface area contributed by atoms with Crippen molar-refractivity contribution in [1.29, 1.82) is 0 Å². The lowest BCUT2D eigenvalue weighted by molar-refractivity contribution is 0.499. The number of rotatable bonds is 1. The third-order valence-electron chi connectivity index (χ3n) is 3.99. The number of benzene rings is 1. The van der Waals surface area contributed by atoms with E-state index < -0.39 is 9.84 Å². The number of nitrogens with one attached hydrogen (secondary N) is 2. The molecule has 1 spiro atoms. The summed E-state index contributed by atoms with van der Waals surface area (Å²) in [5.74, 6) is 0. The third-order valence-corrected chi connectivity index (χ3v) is 5.13. The van der Waals surface area contributed by atoms with Crippen molar-refractivity contribution in [3.8, 4) is 0 Å². The van der Waals surface area contributed by atoms with E-state index in [1.54, 1.807) is 12.1 Å². The Kier molecular flexibility index (Phi) is 2.55. The molecule has 0 saturated heterocycles. The average molecular weight is 266 g/mol. The van der Waals surface area contributed by atoms with Crippen LogP contribution in [0, 0.1) is 0 Å². The molecule has 1 heterocycles. The van der Waals surface area contributed by atoms with Gasteiger partial charge in [-0.2, -0.15) is 0 Å². The van der Waals surface area contributed by atoms with E-state index >= 15 is 0 Å². The molecule has 0 aromatic heterocycles. The van der Waals surface area contributed by atoms with Crippen LogP contribution in [0.2, 0.25) is 0 Å². The minimum absolute atomic E-state index is 0.128. The molecule has 3 rings (SSSR count). The highest BCUT2D eigenvalue weighted by Crippen LogP contribution is 2.41. The minimum atomic E-state index is -3.18. The maximum Gasteiger partial charge on any atom is 0.177 e. The van der Waals surface area contributed by atoms with Gasteiger partial charge >= 0.3 is 0 Å². The topological polar surface area (TPSA) is 58.2 Å². The summed E-state index contributed by atoms with van der Waals surface area (Å²) in [5.41, 5.74) is 1.78. The van der Waals surface area contributed by atoms with Crippen LogP contribution in [0.5, 0.6) is 0 Å². The number of hydrogen-bond acceptors (Lipinski definition) is 4. The van der Waals surface area contributed by atoms with Crippen molar-refractivity contribution in [1.82, 2.24) is 0 Å². The molecule has 1 saturated carbocycles. The second kappa shape index (κ2) is 3.88. The average Bonchev–Trinajstić information content (AvgIpc) is 2.75. The first-order chi connectivity index (χ1) is 8.50. The lowest BCUT2D eigenvalue weighted by atomic mass is 9.94. The molecule has 0 bridgehead atoms. The summed E-state index contributed by atoms with van der Waals surface area (Å²) in [6.45, 7) is 0.812. The zero-order chi connectivity index (χ0) is 12.8. The van der Waals surface area contributed by atoms with Crippen LogP contribution < -0.4 is 10.6 Å². The standard InChI is InChI=1S/C13H18N2O2S/c1-18(16,17)11-6-4-5-10-12(11)14-9-13(15-10)7-2-3-8-13/h4-6,14-15H,2-3,7-9H2,1H3. The summed E-state index contributed by atoms with van der Waals surface area (Å²) in [7, 11) is -3.18. The van der Waals surface area contributed by atoms with E-state index in [0.717, 1.165) is 30.8 Å². The van der Waals surface area contributed by atoms with Crippen molar-refractivity contribution in [2.45, 2.75) is 36.1 Å². The predicted molar refractivity (Wildman–Crippen MR) is 72.9 cm³/mol. The minimum Gasteiger partial charge on any atom is -0.380 e. The molecule has 0 amide bonds. The molecule has 98 valence electrons. The van der Waals surface area contributed by atoms with E-state index in [2.05, 4.69) is 10.6 Å². The van der Waals surface area contributed by atoms with Crippen LogP contribution in [-0.4, -0.2) is 26.8 Å². The van der Waals surface area contributed by atoms with E-state index in [9.17, 15) is 8.42 Å². The Labute approximate surface area is 108 Å². The maximum atomic E-state index is 11.7. The summed E-state index contributed by atoms with van der Waals surface area (Å²) in [6, 6.07) is 5.42. The molecule has 0 unspecified atom stereocenters. The van der Waals surface area contributed by atoms with E-state index in [1.807, 2.05) is 6.07 Å². The van der Waals surface area contributed by atoms with E-state index in [0.29, 0.717) is 4.90 Å². The lowest BCUT2D eigenvalue weighted by Crippen LogP contribution is -2.45. The lowest BCUT2D eigenvalue weighted by Gasteiger charge is -2.38. The second-order valence-electron chi connectivity index (χ2n) is 5.42. The van der Waals surface area contributed by atoms with Crippen molar-refractivity contribution >= 4 is 21.2 Å². The van der Waals surface area contributed by atoms with Crippen LogP contribution in [0.1, 0.15) is 25.7 Å². The fourth-order valence-electron chi connectivity index (χ4n) is 3.07. The Balaban J connectivity index is 2.03. The van der Waals surface area contributed by atoms with E-state index in [-0.39, 0.29) is 5.54 Å². The van der Waals surface area contributed by atoms with Crippen molar-refractivity contribution < 1.29 is 8.42 Å². The molecule has 1 aromatic rings. The molecule has 1 aromatic carbocycles. The quantitative estimate of drug-likeness (QED) is 0.818. The Morgan fingerprint density at radius 2 is 1.94 bits per heavy atom. The van der Waals surface area contributed by atoms with Gasteiger partial charge in [-0.1, -0.05) is 18.9 Å². The second-order valence-corrected chi connectivity index (χ2v) is 7.40. The normalized spacial score (nSPS) is 21.2. The Morgan fingerprint density at radius 1 is 1.22 bits per heavy atom. The van der Waals surface area contributed by atoms with Crippen LogP contribution in [0.4, 0.5) is 11.4 Å². The number of para-hydroxylation sites is 1. The van der Waals surface area contributed by atoms with Gasteiger partial charge in [-0.25, -0.2) is 8.42 Å². The molecule has 2 aliphatic rings. The highest BCUT2D eigenvalue weighted by atomic mass is 32.2. The molecule has 2 N–H and O–H groups in total. The monoisotopic (exact) mass is 266 g/mol. The predicted octanol–water partition coefficient (Wildman–Crippen LogP) is 2.24. The van der Waals surface area contributed by atoms with Gasteiger partial charge in [0.25, 0.3) is 0 Å². The molecular formula is C13H18N2O2S. The SMILES string of the molecule is CS(=O)(=O)c1cccc2c1NCC1(CCCC1)N2. The zero-order valence-corrected chi connectivity index (χ0v) is 11.3. The van der Waals surface area contributed by atoms with Gasteiger partial charge in [-0.15, -0.1) is 0 Å². The zero-order valence-electron chi connectivity index (χ0n) is 10.5. The van der Waals surface area contributed by atoms with Crippen molar-refractivity contribution in [3.05, 3.63) is 18.2 Å². The van der Waals surface area contributed by atoms with Gasteiger partial charge in [0.2, 0.25) is 0 Å². The van der Waals surface area contributed by atoms with Crippen molar-refractivity contribution in [2.24, 2.45) is 0 Å². The smallest absolute Gasteiger partial charge is 0.177 e. The molecule has 5 heteroatoms. The maximum absolute atomic E-state index is 11.7. The number of fused-ring (bicyclic) bond motifs is 1. The van der Waals surface area contributed by atoms with Crippen LogP contribution >= 0.6 is 0 Å². The summed E-state index contributed by atoms with van der Waals surface area (Å²) >= 11 is 0. The van der Waals surface area contributed by atoms with Gasteiger partial charge in [0.15, 0.2) is 9.84 Å². The molecule has 0 radical (unpaired) electrons. The van der Waals surface area contributed by atoms with E-state index in [1.165, 1.54) is 19.1 Å². The molecule has 0 atom stereocenters. The van der Waals surface area contributed by atoms with Crippen LogP contribution in [0.15, 0.2) is 23.1 Å². The molecule has 1 aliphatic heterocycles. The fraction of sp³-hybridized carbons (Fsp3) is 0.538. The largest absolute Gasteiger partial charge is 0.380 e. The number of sulfone groups is 1. The summed E-state index contributed by atoms with van der Waals surface area (Å²) in [5, 5.41) is 6.89.